The van der Waals surface area contributed by atoms with Crippen LogP contribution in [0.3, 0.4) is 0 Å². The molecule has 2 atom stereocenters. The van der Waals surface area contributed by atoms with Crippen LogP contribution in [0, 0.1) is 0 Å². The second-order valence-electron chi connectivity index (χ2n) is 5.07. The van der Waals surface area contributed by atoms with Gasteiger partial charge in [0, 0.05) is 25.2 Å². The largest absolute Gasteiger partial charge is 0.481 e. The number of nitrogens with one attached hydrogen (secondary N) is 1. The van der Waals surface area contributed by atoms with Crippen molar-refractivity contribution in [1.29, 1.82) is 0 Å². The van der Waals surface area contributed by atoms with Crippen LogP contribution in [0.4, 0.5) is 5.82 Å². The van der Waals surface area contributed by atoms with Crippen LogP contribution in [0.2, 0.25) is 0 Å². The Morgan fingerprint density at radius 3 is 3.37 bits per heavy atom. The van der Waals surface area contributed by atoms with E-state index in [-0.39, 0.29) is 6.10 Å². The fraction of sp³-hybridized carbons (Fsp3) is 0.692. The fourth-order valence-electron chi connectivity index (χ4n) is 2.78. The second kappa shape index (κ2) is 5.71. The first-order valence-corrected chi connectivity index (χ1v) is 6.80. The summed E-state index contributed by atoms with van der Waals surface area (Å²) in [6.07, 6.45) is 4.32. The van der Waals surface area contributed by atoms with Gasteiger partial charge in [0.1, 0.15) is 12.1 Å². The molecule has 0 amide bonds. The minimum absolute atomic E-state index is 0.232. The third kappa shape index (κ3) is 2.96. The summed E-state index contributed by atoms with van der Waals surface area (Å²) in [5.41, 5.74) is 0. The molecule has 2 fully saturated rings. The summed E-state index contributed by atoms with van der Waals surface area (Å²) in [5, 5.41) is 3.29. The molecule has 0 bridgehead atoms. The summed E-state index contributed by atoms with van der Waals surface area (Å²) in [6, 6.07) is 2.44. The van der Waals surface area contributed by atoms with Crippen molar-refractivity contribution < 1.29 is 9.47 Å². The molecule has 0 aliphatic carbocycles. The lowest BCUT2D eigenvalue weighted by atomic mass is 10.2. The van der Waals surface area contributed by atoms with Crippen molar-refractivity contribution in [2.45, 2.75) is 25.0 Å². The lowest BCUT2D eigenvalue weighted by Gasteiger charge is -2.35. The smallest absolute Gasteiger partial charge is 0.218 e. The van der Waals surface area contributed by atoms with Crippen molar-refractivity contribution in [2.24, 2.45) is 0 Å². The van der Waals surface area contributed by atoms with E-state index in [2.05, 4.69) is 20.2 Å². The molecule has 0 radical (unpaired) electrons. The van der Waals surface area contributed by atoms with Crippen LogP contribution in [0.1, 0.15) is 12.8 Å². The number of ether oxygens (including phenoxy) is 2. The van der Waals surface area contributed by atoms with Crippen LogP contribution in [-0.4, -0.2) is 60.4 Å². The van der Waals surface area contributed by atoms with E-state index in [0.29, 0.717) is 11.9 Å². The first-order valence-electron chi connectivity index (χ1n) is 6.80. The van der Waals surface area contributed by atoms with Crippen LogP contribution in [0.25, 0.3) is 0 Å². The van der Waals surface area contributed by atoms with Gasteiger partial charge in [-0.1, -0.05) is 0 Å². The SMILES string of the molecule is COc1cc(NCC2CN3CCCC3CO2)ncn1. The third-order valence-corrected chi connectivity index (χ3v) is 3.82. The standard InChI is InChI=1S/C13H20N4O2/c1-18-13-5-12(15-9-16-13)14-6-11-7-17-4-2-3-10(17)8-19-11/h5,9-11H,2-4,6-8H2,1H3,(H,14,15,16). The Balaban J connectivity index is 1.51. The summed E-state index contributed by atoms with van der Waals surface area (Å²) in [5.74, 6) is 1.35. The van der Waals surface area contributed by atoms with Crippen molar-refractivity contribution in [2.75, 3.05) is 38.7 Å². The van der Waals surface area contributed by atoms with Crippen molar-refractivity contribution in [3.8, 4) is 5.88 Å². The number of hydrogen-bond acceptors (Lipinski definition) is 6. The quantitative estimate of drug-likeness (QED) is 0.866. The van der Waals surface area contributed by atoms with E-state index in [1.807, 2.05) is 0 Å². The van der Waals surface area contributed by atoms with E-state index >= 15 is 0 Å². The van der Waals surface area contributed by atoms with Crippen molar-refractivity contribution >= 4 is 5.82 Å². The van der Waals surface area contributed by atoms with Gasteiger partial charge in [-0.25, -0.2) is 9.97 Å². The molecular formula is C13H20N4O2. The number of nitrogens with zero attached hydrogens (tertiary/aromatic N) is 3. The molecule has 2 unspecified atom stereocenters. The van der Waals surface area contributed by atoms with Gasteiger partial charge in [0.15, 0.2) is 0 Å². The van der Waals surface area contributed by atoms with E-state index in [9.17, 15) is 0 Å². The van der Waals surface area contributed by atoms with E-state index in [1.54, 1.807) is 13.2 Å². The van der Waals surface area contributed by atoms with Gasteiger partial charge in [0.2, 0.25) is 5.88 Å². The maximum atomic E-state index is 5.89. The molecule has 6 heteroatoms. The van der Waals surface area contributed by atoms with Gasteiger partial charge in [-0.15, -0.1) is 0 Å². The van der Waals surface area contributed by atoms with Crippen LogP contribution in [-0.2, 0) is 4.74 Å². The second-order valence-corrected chi connectivity index (χ2v) is 5.07. The van der Waals surface area contributed by atoms with E-state index in [4.69, 9.17) is 9.47 Å². The molecule has 6 nitrogen and oxygen atoms in total. The Morgan fingerprint density at radius 1 is 1.53 bits per heavy atom. The molecule has 104 valence electrons. The number of fused-ring (bicyclic) bond motifs is 1. The normalized spacial score (nSPS) is 27.0. The van der Waals surface area contributed by atoms with Crippen LogP contribution in [0.5, 0.6) is 5.88 Å². The topological polar surface area (TPSA) is 59.5 Å². The number of methoxy groups -OCH3 is 1. The third-order valence-electron chi connectivity index (χ3n) is 3.82. The molecule has 3 rings (SSSR count). The summed E-state index contributed by atoms with van der Waals surface area (Å²) < 4.78 is 11.0. The molecule has 1 aromatic rings. The zero-order chi connectivity index (χ0) is 13.1. The predicted molar refractivity (Wildman–Crippen MR) is 71.4 cm³/mol. The van der Waals surface area contributed by atoms with Crippen LogP contribution >= 0.6 is 0 Å². The zero-order valence-electron chi connectivity index (χ0n) is 11.2. The van der Waals surface area contributed by atoms with Gasteiger partial charge in [-0.3, -0.25) is 4.90 Å². The predicted octanol–water partition coefficient (Wildman–Crippen LogP) is 0.760. The Labute approximate surface area is 113 Å². The number of morpholine rings is 1. The molecule has 3 heterocycles. The van der Waals surface area contributed by atoms with Gasteiger partial charge < -0.3 is 14.8 Å². The molecule has 2 aliphatic heterocycles. The number of aromatic nitrogens is 2. The first-order chi connectivity index (χ1) is 9.35. The number of rotatable bonds is 4. The first kappa shape index (κ1) is 12.6. The highest BCUT2D eigenvalue weighted by Crippen LogP contribution is 2.22. The molecule has 2 aliphatic rings. The summed E-state index contributed by atoms with van der Waals surface area (Å²) >= 11 is 0. The van der Waals surface area contributed by atoms with Crippen LogP contribution in [0.15, 0.2) is 12.4 Å². The average Bonchev–Trinajstić information content (AvgIpc) is 2.93. The number of anilines is 1. The molecule has 0 aromatic carbocycles. The van der Waals surface area contributed by atoms with Gasteiger partial charge in [0.25, 0.3) is 0 Å². The Hall–Kier alpha value is -1.40. The summed E-state index contributed by atoms with van der Waals surface area (Å²) in [4.78, 5) is 10.7. The fourth-order valence-corrected chi connectivity index (χ4v) is 2.78. The summed E-state index contributed by atoms with van der Waals surface area (Å²) in [6.45, 7) is 3.86. The minimum Gasteiger partial charge on any atom is -0.481 e. The Bertz CT molecular complexity index is 429. The van der Waals surface area contributed by atoms with Gasteiger partial charge >= 0.3 is 0 Å². The summed E-state index contributed by atoms with van der Waals surface area (Å²) in [7, 11) is 1.60. The number of hydrogen-bond donors (Lipinski definition) is 1. The average molecular weight is 264 g/mol. The van der Waals surface area contributed by atoms with Gasteiger partial charge in [-0.2, -0.15) is 0 Å². The van der Waals surface area contributed by atoms with E-state index in [1.165, 1.54) is 25.7 Å². The highest BCUT2D eigenvalue weighted by atomic mass is 16.5. The van der Waals surface area contributed by atoms with Crippen molar-refractivity contribution in [1.82, 2.24) is 14.9 Å². The highest BCUT2D eigenvalue weighted by molar-refractivity contribution is 5.37. The highest BCUT2D eigenvalue weighted by Gasteiger charge is 2.31. The van der Waals surface area contributed by atoms with Crippen LogP contribution < -0.4 is 10.1 Å². The van der Waals surface area contributed by atoms with E-state index in [0.717, 1.165) is 25.5 Å². The molecule has 19 heavy (non-hydrogen) atoms. The maximum absolute atomic E-state index is 5.89. The minimum atomic E-state index is 0.232. The zero-order valence-corrected chi connectivity index (χ0v) is 11.2. The lowest BCUT2D eigenvalue weighted by molar-refractivity contribution is -0.0416. The molecule has 2 saturated heterocycles. The Morgan fingerprint density at radius 2 is 2.47 bits per heavy atom. The van der Waals surface area contributed by atoms with Crippen molar-refractivity contribution in [3.05, 3.63) is 12.4 Å². The van der Waals surface area contributed by atoms with Gasteiger partial charge in [-0.05, 0) is 19.4 Å². The lowest BCUT2D eigenvalue weighted by Crippen LogP contribution is -2.48. The molecule has 1 N–H and O–H groups in total. The maximum Gasteiger partial charge on any atom is 0.218 e. The van der Waals surface area contributed by atoms with Crippen molar-refractivity contribution in [3.63, 3.8) is 0 Å². The van der Waals surface area contributed by atoms with E-state index < -0.39 is 0 Å². The molecule has 1 aromatic heterocycles. The van der Waals surface area contributed by atoms with Gasteiger partial charge in [0.05, 0.1) is 19.8 Å². The molecule has 0 spiro atoms. The molecule has 0 saturated carbocycles. The monoisotopic (exact) mass is 264 g/mol. The molecular weight excluding hydrogens is 244 g/mol. The Kier molecular flexibility index (Phi) is 3.79.